The maximum Gasteiger partial charge on any atom is 0.238 e. The third kappa shape index (κ3) is 4.83. The highest BCUT2D eigenvalue weighted by atomic mass is 35.5. The molecule has 1 saturated heterocycles. The molecule has 1 heterocycles. The van der Waals surface area contributed by atoms with E-state index in [1.54, 1.807) is 18.2 Å². The predicted octanol–water partition coefficient (Wildman–Crippen LogP) is 2.47. The molecule has 1 aromatic carbocycles. The molecule has 1 fully saturated rings. The fraction of sp³-hybridized carbons (Fsp3) is 0.533. The summed E-state index contributed by atoms with van der Waals surface area (Å²) in [7, 11) is -3.38. The van der Waals surface area contributed by atoms with E-state index in [0.29, 0.717) is 36.0 Å². The van der Waals surface area contributed by atoms with Crippen LogP contribution in [0.3, 0.4) is 0 Å². The first-order valence-corrected chi connectivity index (χ1v) is 10.1. The highest BCUT2D eigenvalue weighted by molar-refractivity contribution is 7.88. The van der Waals surface area contributed by atoms with Crippen molar-refractivity contribution in [3.63, 3.8) is 0 Å². The van der Waals surface area contributed by atoms with Crippen LogP contribution in [0.15, 0.2) is 18.2 Å². The quantitative estimate of drug-likeness (QED) is 0.855. The van der Waals surface area contributed by atoms with Gasteiger partial charge in [0.2, 0.25) is 15.9 Å². The number of nitrogens with zero attached hydrogens (tertiary/aromatic N) is 1. The van der Waals surface area contributed by atoms with Crippen LogP contribution in [-0.2, 0) is 21.2 Å². The molecule has 1 amide bonds. The summed E-state index contributed by atoms with van der Waals surface area (Å²) in [6.45, 7) is 0.754. The van der Waals surface area contributed by atoms with Crippen LogP contribution >= 0.6 is 23.2 Å². The number of amides is 1. The Bertz CT molecular complexity index is 659. The summed E-state index contributed by atoms with van der Waals surface area (Å²) in [6.07, 6.45) is 3.82. The maximum atomic E-state index is 12.3. The van der Waals surface area contributed by atoms with Crippen molar-refractivity contribution >= 4 is 39.1 Å². The van der Waals surface area contributed by atoms with Crippen LogP contribution in [0.4, 0.5) is 0 Å². The van der Waals surface area contributed by atoms with Gasteiger partial charge in [-0.1, -0.05) is 35.7 Å². The largest absolute Gasteiger partial charge is 0.354 e. The second-order valence-electron chi connectivity index (χ2n) is 5.63. The lowest BCUT2D eigenvalue weighted by molar-refractivity contribution is -0.125. The maximum absolute atomic E-state index is 12.3. The van der Waals surface area contributed by atoms with Crippen LogP contribution in [-0.4, -0.2) is 44.0 Å². The first-order valence-electron chi connectivity index (χ1n) is 7.48. The van der Waals surface area contributed by atoms with Crippen LogP contribution in [0.2, 0.25) is 10.0 Å². The molecule has 0 aliphatic carbocycles. The van der Waals surface area contributed by atoms with Gasteiger partial charge in [-0.05, 0) is 37.0 Å². The van der Waals surface area contributed by atoms with Gasteiger partial charge in [-0.3, -0.25) is 4.79 Å². The van der Waals surface area contributed by atoms with E-state index >= 15 is 0 Å². The van der Waals surface area contributed by atoms with Crippen LogP contribution < -0.4 is 5.32 Å². The molecule has 1 N–H and O–H groups in total. The zero-order valence-electron chi connectivity index (χ0n) is 12.9. The Morgan fingerprint density at radius 1 is 1.30 bits per heavy atom. The van der Waals surface area contributed by atoms with Gasteiger partial charge in [-0.25, -0.2) is 8.42 Å². The van der Waals surface area contributed by atoms with Crippen LogP contribution in [0, 0.1) is 0 Å². The molecule has 2 rings (SSSR count). The normalized spacial score (nSPS) is 19.5. The van der Waals surface area contributed by atoms with E-state index < -0.39 is 16.1 Å². The minimum Gasteiger partial charge on any atom is -0.354 e. The third-order valence-corrected chi connectivity index (χ3v) is 5.92. The number of benzene rings is 1. The molecule has 0 saturated carbocycles. The van der Waals surface area contributed by atoms with Gasteiger partial charge in [-0.2, -0.15) is 4.31 Å². The van der Waals surface area contributed by atoms with Gasteiger partial charge in [0.05, 0.1) is 6.26 Å². The average molecular weight is 379 g/mol. The number of hydrogen-bond acceptors (Lipinski definition) is 3. The number of carbonyl (C=O) groups is 1. The third-order valence-electron chi connectivity index (χ3n) is 3.92. The second kappa shape index (κ2) is 7.83. The first kappa shape index (κ1) is 18.5. The molecule has 128 valence electrons. The van der Waals surface area contributed by atoms with Crippen LogP contribution in [0.5, 0.6) is 0 Å². The van der Waals surface area contributed by atoms with Gasteiger partial charge in [0.15, 0.2) is 0 Å². The average Bonchev–Trinajstić information content (AvgIpc) is 2.49. The first-order chi connectivity index (χ1) is 10.8. The summed E-state index contributed by atoms with van der Waals surface area (Å²) < 4.78 is 24.9. The van der Waals surface area contributed by atoms with Gasteiger partial charge >= 0.3 is 0 Å². The molecule has 5 nitrogen and oxygen atoms in total. The Balaban J connectivity index is 1.96. The van der Waals surface area contributed by atoms with Crippen LogP contribution in [0.1, 0.15) is 24.8 Å². The molecular weight excluding hydrogens is 359 g/mol. The van der Waals surface area contributed by atoms with E-state index in [2.05, 4.69) is 5.32 Å². The predicted molar refractivity (Wildman–Crippen MR) is 92.4 cm³/mol. The lowest BCUT2D eigenvalue weighted by Gasteiger charge is -2.32. The molecule has 1 unspecified atom stereocenters. The van der Waals surface area contributed by atoms with E-state index in [4.69, 9.17) is 23.2 Å². The van der Waals surface area contributed by atoms with Crippen molar-refractivity contribution in [3.8, 4) is 0 Å². The number of nitrogens with one attached hydrogen (secondary N) is 1. The number of sulfonamides is 1. The minimum atomic E-state index is -3.38. The molecule has 1 atom stereocenters. The van der Waals surface area contributed by atoms with Gasteiger partial charge in [0.25, 0.3) is 0 Å². The van der Waals surface area contributed by atoms with E-state index in [1.165, 1.54) is 4.31 Å². The van der Waals surface area contributed by atoms with Crippen molar-refractivity contribution in [2.75, 3.05) is 19.3 Å². The summed E-state index contributed by atoms with van der Waals surface area (Å²) >= 11 is 12.2. The Morgan fingerprint density at radius 2 is 1.96 bits per heavy atom. The zero-order chi connectivity index (χ0) is 17.0. The summed E-state index contributed by atoms with van der Waals surface area (Å²) in [4.78, 5) is 12.3. The number of rotatable bonds is 5. The van der Waals surface area contributed by atoms with Crippen LogP contribution in [0.25, 0.3) is 0 Å². The lowest BCUT2D eigenvalue weighted by Crippen LogP contribution is -2.51. The lowest BCUT2D eigenvalue weighted by atomic mass is 10.0. The van der Waals surface area contributed by atoms with Crippen molar-refractivity contribution < 1.29 is 13.2 Å². The number of halogens is 2. The summed E-state index contributed by atoms with van der Waals surface area (Å²) in [5.41, 5.74) is 0.778. The molecule has 1 aliphatic heterocycles. The Hall–Kier alpha value is -0.820. The van der Waals surface area contributed by atoms with Crippen molar-refractivity contribution in [1.82, 2.24) is 9.62 Å². The summed E-state index contributed by atoms with van der Waals surface area (Å²) in [5.74, 6) is -0.265. The zero-order valence-corrected chi connectivity index (χ0v) is 15.2. The molecule has 0 radical (unpaired) electrons. The van der Waals surface area contributed by atoms with E-state index in [1.807, 2.05) is 0 Å². The minimum absolute atomic E-state index is 0.265. The smallest absolute Gasteiger partial charge is 0.238 e. The molecule has 0 spiro atoms. The Kier molecular flexibility index (Phi) is 6.31. The molecule has 1 aliphatic rings. The van der Waals surface area contributed by atoms with Gasteiger partial charge < -0.3 is 5.32 Å². The van der Waals surface area contributed by atoms with Crippen molar-refractivity contribution in [2.45, 2.75) is 31.7 Å². The topological polar surface area (TPSA) is 66.5 Å². The van der Waals surface area contributed by atoms with Crippen molar-refractivity contribution in [3.05, 3.63) is 33.8 Å². The number of carbonyl (C=O) groups excluding carboxylic acids is 1. The molecule has 0 aromatic heterocycles. The summed E-state index contributed by atoms with van der Waals surface area (Å²) in [5, 5.41) is 3.91. The Morgan fingerprint density at radius 3 is 2.57 bits per heavy atom. The molecule has 0 bridgehead atoms. The fourth-order valence-corrected chi connectivity index (χ4v) is 4.47. The monoisotopic (exact) mass is 378 g/mol. The molecular formula is C15H20Cl2N2O3S. The SMILES string of the molecule is CS(=O)(=O)N1CCCCC1C(=O)NCCc1c(Cl)cccc1Cl. The van der Waals surface area contributed by atoms with Crippen molar-refractivity contribution in [2.24, 2.45) is 0 Å². The fourth-order valence-electron chi connectivity index (χ4n) is 2.76. The number of hydrogen-bond donors (Lipinski definition) is 1. The highest BCUT2D eigenvalue weighted by Crippen LogP contribution is 2.24. The highest BCUT2D eigenvalue weighted by Gasteiger charge is 2.34. The van der Waals surface area contributed by atoms with E-state index in [9.17, 15) is 13.2 Å². The van der Waals surface area contributed by atoms with E-state index in [0.717, 1.165) is 24.7 Å². The van der Waals surface area contributed by atoms with Gasteiger partial charge in [0, 0.05) is 23.1 Å². The molecule has 8 heteroatoms. The Labute approximate surface area is 147 Å². The van der Waals surface area contributed by atoms with Crippen molar-refractivity contribution in [1.29, 1.82) is 0 Å². The van der Waals surface area contributed by atoms with Gasteiger partial charge in [0.1, 0.15) is 6.04 Å². The van der Waals surface area contributed by atoms with Gasteiger partial charge in [-0.15, -0.1) is 0 Å². The number of piperidine rings is 1. The summed E-state index contributed by atoms with van der Waals surface area (Å²) in [6, 6.07) is 4.63. The van der Waals surface area contributed by atoms with E-state index in [-0.39, 0.29) is 5.91 Å². The molecule has 1 aromatic rings. The standard InChI is InChI=1S/C15H20Cl2N2O3S/c1-23(21,22)19-10-3-2-7-14(19)15(20)18-9-8-11-12(16)5-4-6-13(11)17/h4-6,14H,2-3,7-10H2,1H3,(H,18,20). The molecule has 23 heavy (non-hydrogen) atoms. The second-order valence-corrected chi connectivity index (χ2v) is 8.38.